The van der Waals surface area contributed by atoms with Crippen molar-refractivity contribution in [3.63, 3.8) is 0 Å². The Bertz CT molecular complexity index is 1320. The third kappa shape index (κ3) is 4.57. The average Bonchev–Trinajstić information content (AvgIpc) is 3.32. The molecule has 4 atom stereocenters. The Morgan fingerprint density at radius 1 is 1.03 bits per heavy atom. The second-order valence-electron chi connectivity index (χ2n) is 10.8. The summed E-state index contributed by atoms with van der Waals surface area (Å²) in [5, 5.41) is 10.0. The van der Waals surface area contributed by atoms with Crippen molar-refractivity contribution in [2.75, 3.05) is 18.6 Å². The van der Waals surface area contributed by atoms with E-state index in [1.807, 2.05) is 17.0 Å². The van der Waals surface area contributed by atoms with Gasteiger partial charge in [-0.2, -0.15) is 0 Å². The number of carbonyl (C=O) groups excluding carboxylic acids is 1. The lowest BCUT2D eigenvalue weighted by molar-refractivity contribution is -0.146. The first kappa shape index (κ1) is 27.9. The van der Waals surface area contributed by atoms with Gasteiger partial charge in [0.15, 0.2) is 5.60 Å². The van der Waals surface area contributed by atoms with Crippen molar-refractivity contribution in [2.45, 2.75) is 50.9 Å². The molecule has 0 saturated carbocycles. The van der Waals surface area contributed by atoms with Gasteiger partial charge in [0.1, 0.15) is 5.75 Å². The van der Waals surface area contributed by atoms with E-state index in [1.165, 1.54) is 0 Å². The van der Waals surface area contributed by atoms with Gasteiger partial charge in [0.25, 0.3) is 5.91 Å². The van der Waals surface area contributed by atoms with E-state index in [-0.39, 0.29) is 35.9 Å². The van der Waals surface area contributed by atoms with Gasteiger partial charge in [0.2, 0.25) is 0 Å². The molecule has 38 heavy (non-hydrogen) atoms. The Hall–Kier alpha value is -1.69. The lowest BCUT2D eigenvalue weighted by Crippen LogP contribution is -2.45. The van der Waals surface area contributed by atoms with Crippen LogP contribution < -0.4 is 9.64 Å². The highest BCUT2D eigenvalue weighted by atomic mass is 127. The zero-order valence-electron chi connectivity index (χ0n) is 22.1. The molecule has 2 aliphatic heterocycles. The van der Waals surface area contributed by atoms with Gasteiger partial charge < -0.3 is 19.5 Å². The molecule has 0 bridgehead atoms. The zero-order valence-corrected chi connectivity index (χ0v) is 26.4. The van der Waals surface area contributed by atoms with E-state index in [0.717, 1.165) is 35.3 Å². The fourth-order valence-corrected chi connectivity index (χ4v) is 7.46. The highest BCUT2D eigenvalue weighted by molar-refractivity contribution is 14.1. The van der Waals surface area contributed by atoms with Crippen molar-refractivity contribution in [3.8, 4) is 5.75 Å². The van der Waals surface area contributed by atoms with E-state index in [2.05, 4.69) is 121 Å². The smallest absolute Gasteiger partial charge is 0.264 e. The van der Waals surface area contributed by atoms with E-state index in [4.69, 9.17) is 9.47 Å². The number of hydrogen-bond donors (Lipinski definition) is 1. The molecule has 5 nitrogen and oxygen atoms in total. The van der Waals surface area contributed by atoms with Gasteiger partial charge in [0, 0.05) is 31.1 Å². The minimum atomic E-state index is -1.10. The van der Waals surface area contributed by atoms with E-state index >= 15 is 0 Å². The van der Waals surface area contributed by atoms with Gasteiger partial charge in [-0.25, -0.2) is 0 Å². The minimum absolute atomic E-state index is 0.00238. The number of carbonyl (C=O) groups is 1. The topological polar surface area (TPSA) is 59.0 Å². The number of ether oxygens (including phenoxy) is 2. The number of aliphatic hydroxyl groups is 1. The Balaban J connectivity index is 1.60. The molecule has 3 aromatic rings. The summed E-state index contributed by atoms with van der Waals surface area (Å²) in [6, 6.07) is 22.7. The van der Waals surface area contributed by atoms with Crippen LogP contribution in [-0.4, -0.2) is 30.8 Å². The van der Waals surface area contributed by atoms with Crippen LogP contribution in [0.15, 0.2) is 66.7 Å². The van der Waals surface area contributed by atoms with Gasteiger partial charge in [-0.15, -0.1) is 0 Å². The minimum Gasteiger partial charge on any atom is -0.497 e. The highest BCUT2D eigenvalue weighted by Crippen LogP contribution is 2.60. The predicted octanol–water partition coefficient (Wildman–Crippen LogP) is 6.66. The summed E-state index contributed by atoms with van der Waals surface area (Å²) in [5.74, 6) is 0.666. The van der Waals surface area contributed by atoms with Crippen LogP contribution in [0.1, 0.15) is 43.9 Å². The van der Waals surface area contributed by atoms with E-state index in [0.29, 0.717) is 13.0 Å². The number of hydrogen-bond acceptors (Lipinski definition) is 4. The normalized spacial score (nSPS) is 24.8. The molecule has 1 fully saturated rings. The number of fused-ring (bicyclic) bond motifs is 2. The molecule has 0 unspecified atom stereocenters. The fraction of sp³-hybridized carbons (Fsp3) is 0.387. The zero-order chi connectivity index (χ0) is 27.2. The molecule has 5 rings (SSSR count). The Labute approximate surface area is 252 Å². The maximum atomic E-state index is 14.5. The quantitative estimate of drug-likeness (QED) is 0.276. The number of aliphatic hydroxyl groups excluding tert-OH is 1. The second-order valence-corrected chi connectivity index (χ2v) is 13.3. The fourth-order valence-electron chi connectivity index (χ4n) is 6.61. The summed E-state index contributed by atoms with van der Waals surface area (Å²) in [7, 11) is 1.67. The van der Waals surface area contributed by atoms with Crippen LogP contribution >= 0.6 is 45.2 Å². The van der Waals surface area contributed by atoms with Gasteiger partial charge >= 0.3 is 0 Å². The summed E-state index contributed by atoms with van der Waals surface area (Å²) < 4.78 is 14.5. The Kier molecular flexibility index (Phi) is 7.85. The molecule has 1 spiro atoms. The third-order valence-electron chi connectivity index (χ3n) is 8.47. The maximum absolute atomic E-state index is 14.5. The molecule has 0 radical (unpaired) electrons. The second kappa shape index (κ2) is 10.7. The van der Waals surface area contributed by atoms with Gasteiger partial charge in [-0.3, -0.25) is 4.79 Å². The number of amides is 1. The van der Waals surface area contributed by atoms with E-state index < -0.39 is 5.60 Å². The maximum Gasteiger partial charge on any atom is 0.264 e. The lowest BCUT2D eigenvalue weighted by Gasteiger charge is -2.38. The third-order valence-corrected chi connectivity index (χ3v) is 9.86. The number of rotatable bonds is 7. The van der Waals surface area contributed by atoms with Gasteiger partial charge in [-0.05, 0) is 111 Å². The molecule has 1 N–H and O–H groups in total. The monoisotopic (exact) mass is 737 g/mol. The lowest BCUT2D eigenvalue weighted by atomic mass is 9.63. The Morgan fingerprint density at radius 3 is 2.32 bits per heavy atom. The van der Waals surface area contributed by atoms with Crippen molar-refractivity contribution in [2.24, 2.45) is 11.8 Å². The molecular weight excluding hydrogens is 704 g/mol. The number of nitrogens with zero attached hydrogens (tertiary/aromatic N) is 1. The number of anilines is 1. The van der Waals surface area contributed by atoms with Crippen LogP contribution in [0, 0.1) is 19.0 Å². The van der Waals surface area contributed by atoms with E-state index in [9.17, 15) is 9.90 Å². The SMILES string of the molecule is COc1ccc(C(C)(C)[C@@H]2[C@@H](CCO)O[C@]3(C(=O)N(Cc4ccc(I)cc4)c4ccc(I)cc43)[C@H]2C)cc1. The molecule has 3 aromatic carbocycles. The summed E-state index contributed by atoms with van der Waals surface area (Å²) in [5.41, 5.74) is 2.65. The van der Waals surface area contributed by atoms with Crippen molar-refractivity contribution in [3.05, 3.63) is 90.6 Å². The molecule has 7 heteroatoms. The van der Waals surface area contributed by atoms with E-state index in [1.54, 1.807) is 7.11 Å². The number of halogens is 2. The molecule has 0 aliphatic carbocycles. The molecular formula is C31H33I2NO4. The van der Waals surface area contributed by atoms with Crippen molar-refractivity contribution in [1.29, 1.82) is 0 Å². The molecule has 1 amide bonds. The molecule has 2 heterocycles. The van der Waals surface area contributed by atoms with Crippen LogP contribution in [0.25, 0.3) is 0 Å². The van der Waals surface area contributed by atoms with Crippen LogP contribution in [0.2, 0.25) is 0 Å². The largest absolute Gasteiger partial charge is 0.497 e. The molecule has 0 aromatic heterocycles. The molecule has 200 valence electrons. The predicted molar refractivity (Wildman–Crippen MR) is 166 cm³/mol. The van der Waals surface area contributed by atoms with Crippen LogP contribution in [0.5, 0.6) is 5.75 Å². The van der Waals surface area contributed by atoms with Crippen LogP contribution in [-0.2, 0) is 27.1 Å². The first-order chi connectivity index (χ1) is 18.1. The highest BCUT2D eigenvalue weighted by Gasteiger charge is 2.65. The number of methoxy groups -OCH3 is 1. The number of benzene rings is 3. The van der Waals surface area contributed by atoms with Crippen LogP contribution in [0.3, 0.4) is 0 Å². The van der Waals surface area contributed by atoms with Crippen molar-refractivity contribution in [1.82, 2.24) is 0 Å². The standard InChI is InChI=1S/C31H33I2NO4/c1-19-28(30(2,3)21-7-12-24(37-4)13-8-21)27(15-16-35)38-31(19)25-17-23(33)11-14-26(25)34(29(31)36)18-20-5-9-22(32)10-6-20/h5-14,17,19,27-28,35H,15-16,18H2,1-4H3/t19-,27+,28-,31+/m0/s1. The molecule has 1 saturated heterocycles. The molecule has 2 aliphatic rings. The van der Waals surface area contributed by atoms with Crippen molar-refractivity contribution < 1.29 is 19.4 Å². The van der Waals surface area contributed by atoms with Gasteiger partial charge in [-0.1, -0.05) is 45.0 Å². The first-order valence-electron chi connectivity index (χ1n) is 12.9. The Morgan fingerprint density at radius 2 is 1.68 bits per heavy atom. The average molecular weight is 737 g/mol. The summed E-state index contributed by atoms with van der Waals surface area (Å²) in [6.45, 7) is 7.09. The van der Waals surface area contributed by atoms with Gasteiger partial charge in [0.05, 0.1) is 25.4 Å². The van der Waals surface area contributed by atoms with Crippen molar-refractivity contribution >= 4 is 56.8 Å². The summed E-state index contributed by atoms with van der Waals surface area (Å²) in [6.07, 6.45) is 0.194. The first-order valence-corrected chi connectivity index (χ1v) is 15.1. The summed E-state index contributed by atoms with van der Waals surface area (Å²) in [4.78, 5) is 16.4. The van der Waals surface area contributed by atoms with Crippen LogP contribution in [0.4, 0.5) is 5.69 Å². The summed E-state index contributed by atoms with van der Waals surface area (Å²) >= 11 is 4.61.